The topological polar surface area (TPSA) is 257 Å². The molecule has 0 saturated carbocycles. The molecule has 4 atom stereocenters. The number of aliphatic carboxylic acids is 1. The van der Waals surface area contributed by atoms with E-state index in [-0.39, 0.29) is 37.5 Å². The number of benzene rings is 1. The summed E-state index contributed by atoms with van der Waals surface area (Å²) in [6.45, 7) is 0.586. The van der Waals surface area contributed by atoms with Crippen LogP contribution in [-0.4, -0.2) is 82.8 Å². The van der Waals surface area contributed by atoms with Crippen LogP contribution in [-0.2, 0) is 25.6 Å². The summed E-state index contributed by atoms with van der Waals surface area (Å²) >= 11 is 4.19. The van der Waals surface area contributed by atoms with Crippen LogP contribution in [0.3, 0.4) is 0 Å². The highest BCUT2D eigenvalue weighted by Gasteiger charge is 2.29. The fraction of sp³-hybridized carbons (Fsp3) is 0.500. The van der Waals surface area contributed by atoms with E-state index in [4.69, 9.17) is 22.9 Å². The van der Waals surface area contributed by atoms with Crippen molar-refractivity contribution in [2.24, 2.45) is 27.9 Å². The van der Waals surface area contributed by atoms with E-state index in [2.05, 4.69) is 38.6 Å². The molecule has 1 aromatic heterocycles. The van der Waals surface area contributed by atoms with Crippen LogP contribution in [0.25, 0.3) is 10.9 Å². The van der Waals surface area contributed by atoms with Crippen molar-refractivity contribution in [3.05, 3.63) is 36.0 Å². The van der Waals surface area contributed by atoms with E-state index < -0.39 is 47.9 Å². The lowest BCUT2D eigenvalue weighted by molar-refractivity contribution is -0.142. The van der Waals surface area contributed by atoms with Crippen molar-refractivity contribution < 1.29 is 24.3 Å². The van der Waals surface area contributed by atoms with Crippen LogP contribution < -0.4 is 38.9 Å². The third-order valence-electron chi connectivity index (χ3n) is 6.41. The highest BCUT2D eigenvalue weighted by Crippen LogP contribution is 2.18. The van der Waals surface area contributed by atoms with E-state index in [0.29, 0.717) is 25.8 Å². The van der Waals surface area contributed by atoms with Crippen LogP contribution in [0.1, 0.15) is 37.7 Å². The van der Waals surface area contributed by atoms with Crippen molar-refractivity contribution in [2.45, 2.75) is 62.7 Å². The van der Waals surface area contributed by atoms with Crippen molar-refractivity contribution >= 4 is 53.2 Å². The lowest BCUT2D eigenvalue weighted by Gasteiger charge is -2.24. The number of nitrogens with one attached hydrogen (secondary N) is 4. The summed E-state index contributed by atoms with van der Waals surface area (Å²) in [5.74, 6) is -3.33. The summed E-state index contributed by atoms with van der Waals surface area (Å²) in [5.41, 5.74) is 24.1. The van der Waals surface area contributed by atoms with E-state index in [9.17, 15) is 24.3 Å². The number of carboxylic acids is 1. The van der Waals surface area contributed by atoms with Gasteiger partial charge in [-0.25, -0.2) is 4.79 Å². The molecule has 0 fully saturated rings. The second-order valence-corrected chi connectivity index (χ2v) is 9.97. The van der Waals surface area contributed by atoms with Crippen LogP contribution in [0.2, 0.25) is 0 Å². The maximum absolute atomic E-state index is 13.1. The molecule has 0 aliphatic heterocycles. The highest BCUT2D eigenvalue weighted by atomic mass is 32.1. The molecule has 4 unspecified atom stereocenters. The first kappa shape index (κ1) is 33.4. The summed E-state index contributed by atoms with van der Waals surface area (Å²) in [6.07, 6.45) is 3.72. The molecule has 0 aliphatic rings. The SMILES string of the molecule is NCCCCC(NC(=O)C(CCCN=C(N)N)NC(=O)C(CS)NC(=O)C(N)Cc1c[nH]c2ccccc12)C(=O)O. The number of amides is 3. The van der Waals surface area contributed by atoms with Gasteiger partial charge in [-0.3, -0.25) is 19.4 Å². The molecule has 2 aromatic rings. The monoisotopic (exact) mass is 591 g/mol. The van der Waals surface area contributed by atoms with Crippen LogP contribution in [0.15, 0.2) is 35.5 Å². The Bertz CT molecular complexity index is 1200. The molecule has 41 heavy (non-hydrogen) atoms. The predicted molar refractivity (Wildman–Crippen MR) is 160 cm³/mol. The van der Waals surface area contributed by atoms with Crippen LogP contribution in [0, 0.1) is 0 Å². The van der Waals surface area contributed by atoms with Gasteiger partial charge in [0.2, 0.25) is 17.7 Å². The minimum Gasteiger partial charge on any atom is -0.480 e. The summed E-state index contributed by atoms with van der Waals surface area (Å²) in [7, 11) is 0. The second kappa shape index (κ2) is 17.1. The van der Waals surface area contributed by atoms with Crippen molar-refractivity contribution in [1.82, 2.24) is 20.9 Å². The number of fused-ring (bicyclic) bond motifs is 1. The average Bonchev–Trinajstić information content (AvgIpc) is 3.34. The molecule has 0 aliphatic carbocycles. The molecular formula is C26H41N9O5S. The predicted octanol–water partition coefficient (Wildman–Crippen LogP) is -1.31. The maximum Gasteiger partial charge on any atom is 0.326 e. The number of hydrogen-bond acceptors (Lipinski definition) is 8. The van der Waals surface area contributed by atoms with Gasteiger partial charge in [0.25, 0.3) is 0 Å². The number of guanidine groups is 1. The van der Waals surface area contributed by atoms with Crippen molar-refractivity contribution in [3.63, 3.8) is 0 Å². The Balaban J connectivity index is 2.06. The number of hydrogen-bond donors (Lipinski definition) is 10. The van der Waals surface area contributed by atoms with E-state index in [1.54, 1.807) is 6.20 Å². The Kier molecular flexibility index (Phi) is 13.9. The largest absolute Gasteiger partial charge is 0.480 e. The molecule has 15 heteroatoms. The Hall–Kier alpha value is -3.82. The van der Waals surface area contributed by atoms with Gasteiger partial charge in [0.1, 0.15) is 18.1 Å². The minimum absolute atomic E-state index is 0.0729. The Labute approximate surface area is 243 Å². The number of aromatic amines is 1. The first-order valence-electron chi connectivity index (χ1n) is 13.4. The van der Waals surface area contributed by atoms with Gasteiger partial charge in [0.05, 0.1) is 6.04 Å². The number of rotatable bonds is 18. The van der Waals surface area contributed by atoms with E-state index in [1.807, 2.05) is 24.3 Å². The number of nitrogens with two attached hydrogens (primary N) is 4. The van der Waals surface area contributed by atoms with E-state index >= 15 is 0 Å². The summed E-state index contributed by atoms with van der Waals surface area (Å²) < 4.78 is 0. The van der Waals surface area contributed by atoms with Crippen LogP contribution in [0.4, 0.5) is 0 Å². The first-order valence-corrected chi connectivity index (χ1v) is 14.0. The van der Waals surface area contributed by atoms with Crippen LogP contribution in [0.5, 0.6) is 0 Å². The molecular weight excluding hydrogens is 550 g/mol. The molecule has 0 radical (unpaired) electrons. The summed E-state index contributed by atoms with van der Waals surface area (Å²) in [5, 5.41) is 18.1. The zero-order chi connectivity index (χ0) is 30.4. The molecule has 0 spiro atoms. The first-order chi connectivity index (χ1) is 19.6. The Morgan fingerprint density at radius 3 is 2.22 bits per heavy atom. The van der Waals surface area contributed by atoms with Gasteiger partial charge in [-0.05, 0) is 56.7 Å². The third kappa shape index (κ3) is 10.9. The van der Waals surface area contributed by atoms with Gasteiger partial charge in [0, 0.05) is 29.4 Å². The van der Waals surface area contributed by atoms with Gasteiger partial charge >= 0.3 is 5.97 Å². The number of unbranched alkanes of at least 4 members (excludes halogenated alkanes) is 1. The Morgan fingerprint density at radius 2 is 1.56 bits per heavy atom. The number of H-pyrrole nitrogens is 1. The van der Waals surface area contributed by atoms with Crippen LogP contribution >= 0.6 is 12.6 Å². The smallest absolute Gasteiger partial charge is 0.326 e. The average molecular weight is 592 g/mol. The van der Waals surface area contributed by atoms with Crippen molar-refractivity contribution in [1.29, 1.82) is 0 Å². The number of nitrogens with zero attached hydrogens (tertiary/aromatic N) is 1. The normalized spacial score (nSPS) is 13.9. The lowest BCUT2D eigenvalue weighted by Crippen LogP contribution is -2.57. The fourth-order valence-corrected chi connectivity index (χ4v) is 4.43. The lowest BCUT2D eigenvalue weighted by atomic mass is 10.0. The third-order valence-corrected chi connectivity index (χ3v) is 6.77. The molecule has 0 bridgehead atoms. The van der Waals surface area contributed by atoms with E-state index in [1.165, 1.54) is 0 Å². The fourth-order valence-electron chi connectivity index (χ4n) is 4.17. The molecule has 3 amide bonds. The van der Waals surface area contributed by atoms with Crippen molar-refractivity contribution in [2.75, 3.05) is 18.8 Å². The maximum atomic E-state index is 13.1. The Morgan fingerprint density at radius 1 is 0.927 bits per heavy atom. The van der Waals surface area contributed by atoms with Gasteiger partial charge < -0.3 is 49.0 Å². The summed E-state index contributed by atoms with van der Waals surface area (Å²) in [6, 6.07) is 3.27. The molecule has 0 saturated heterocycles. The molecule has 1 aromatic carbocycles. The van der Waals surface area contributed by atoms with Gasteiger partial charge in [-0.1, -0.05) is 18.2 Å². The number of carbonyl (C=O) groups is 4. The van der Waals surface area contributed by atoms with Gasteiger partial charge in [-0.15, -0.1) is 0 Å². The molecule has 2 rings (SSSR count). The number of para-hydroxylation sites is 1. The summed E-state index contributed by atoms with van der Waals surface area (Å²) in [4.78, 5) is 57.7. The van der Waals surface area contributed by atoms with Gasteiger partial charge in [0.15, 0.2) is 5.96 Å². The van der Waals surface area contributed by atoms with Crippen molar-refractivity contribution in [3.8, 4) is 0 Å². The molecule has 14 nitrogen and oxygen atoms in total. The highest BCUT2D eigenvalue weighted by molar-refractivity contribution is 7.80. The number of carboxylic acid groups (broad SMARTS) is 1. The molecule has 226 valence electrons. The number of aromatic nitrogens is 1. The van der Waals surface area contributed by atoms with E-state index in [0.717, 1.165) is 16.5 Å². The zero-order valence-electron chi connectivity index (χ0n) is 22.8. The number of aliphatic imine (C=N–C) groups is 1. The zero-order valence-corrected chi connectivity index (χ0v) is 23.7. The quantitative estimate of drug-likeness (QED) is 0.0426. The molecule has 13 N–H and O–H groups in total. The van der Waals surface area contributed by atoms with Gasteiger partial charge in [-0.2, -0.15) is 12.6 Å². The number of carbonyl (C=O) groups excluding carboxylic acids is 3. The molecule has 1 heterocycles. The minimum atomic E-state index is -1.20. The number of thiol groups is 1. The standard InChI is InChI=1S/C26H41N9O5S/c27-10-4-3-8-20(25(39)40)34-23(37)19(9-5-11-31-26(29)30)33-24(38)21(14-41)35-22(36)17(28)12-15-13-32-18-7-2-1-6-16(15)18/h1-2,6-7,13,17,19-21,32,41H,3-5,8-12,14,27-28H2,(H,33,38)(H,34,37)(H,35,36)(H,39,40)(H4,29,30,31). The second-order valence-electron chi connectivity index (χ2n) is 9.61.